The third-order valence-electron chi connectivity index (χ3n) is 8.94. The molecule has 0 aromatic heterocycles. The molecule has 2 amide bonds. The van der Waals surface area contributed by atoms with E-state index in [9.17, 15) is 14.7 Å². The molecule has 1 aromatic rings. The quantitative estimate of drug-likeness (QED) is 0.133. The molecule has 2 rings (SSSR count). The molecule has 1 fully saturated rings. The zero-order chi connectivity index (χ0) is 30.8. The van der Waals surface area contributed by atoms with Crippen LogP contribution in [0.1, 0.15) is 155 Å². The van der Waals surface area contributed by atoms with Crippen LogP contribution in [0, 0.1) is 10.8 Å². The maximum Gasteiger partial charge on any atom is 0.412 e. The zero-order valence-corrected chi connectivity index (χ0v) is 27.6. The van der Waals surface area contributed by atoms with Gasteiger partial charge in [-0.2, -0.15) is 0 Å². The van der Waals surface area contributed by atoms with Gasteiger partial charge in [0.25, 0.3) is 0 Å². The smallest absolute Gasteiger partial charge is 0.412 e. The van der Waals surface area contributed by atoms with E-state index in [1.165, 1.54) is 94.6 Å². The second kappa shape index (κ2) is 19.1. The maximum absolute atomic E-state index is 13.1. The standard InChI is InChI=1S/C36H62N2O4/c1-6-8-10-12-14-16-18-21-29-22-20-24-32(31(29)23-19-17-15-13-11-9-7-2)42-34(41)37-28-36(5)26-30(38-33(39)40)25-35(3,4)27-36/h20,22,24,30,38H,6-19,21,23,25-28H2,1-5H3,(H,37,41)(H,39,40). The van der Waals surface area contributed by atoms with Crippen molar-refractivity contribution < 1.29 is 19.4 Å². The molecule has 1 aromatic carbocycles. The molecule has 0 saturated heterocycles. The maximum atomic E-state index is 13.1. The summed E-state index contributed by atoms with van der Waals surface area (Å²) in [5.74, 6) is 0.693. The van der Waals surface area contributed by atoms with Gasteiger partial charge >= 0.3 is 12.2 Å². The number of carboxylic acid groups (broad SMARTS) is 1. The number of rotatable bonds is 20. The van der Waals surface area contributed by atoms with Crippen LogP contribution in [0.25, 0.3) is 0 Å². The van der Waals surface area contributed by atoms with Crippen molar-refractivity contribution in [1.29, 1.82) is 0 Å². The van der Waals surface area contributed by atoms with Crippen LogP contribution < -0.4 is 15.4 Å². The van der Waals surface area contributed by atoms with Gasteiger partial charge in [0.1, 0.15) is 5.75 Å². The predicted molar refractivity (Wildman–Crippen MR) is 175 cm³/mol. The van der Waals surface area contributed by atoms with E-state index < -0.39 is 12.2 Å². The number of amides is 2. The molecular weight excluding hydrogens is 524 g/mol. The molecule has 6 heteroatoms. The lowest BCUT2D eigenvalue weighted by Gasteiger charge is -2.46. The van der Waals surface area contributed by atoms with Crippen LogP contribution in [0.15, 0.2) is 18.2 Å². The number of carbonyl (C=O) groups is 2. The number of hydrogen-bond donors (Lipinski definition) is 3. The molecule has 0 radical (unpaired) electrons. The molecule has 0 heterocycles. The number of benzene rings is 1. The topological polar surface area (TPSA) is 87.7 Å². The minimum Gasteiger partial charge on any atom is -0.465 e. The number of carbonyl (C=O) groups excluding carboxylic acids is 1. The Morgan fingerprint density at radius 1 is 0.833 bits per heavy atom. The first-order valence-electron chi connectivity index (χ1n) is 17.1. The summed E-state index contributed by atoms with van der Waals surface area (Å²) in [4.78, 5) is 24.4. The van der Waals surface area contributed by atoms with Crippen molar-refractivity contribution in [3.63, 3.8) is 0 Å². The molecule has 1 aliphatic carbocycles. The van der Waals surface area contributed by atoms with Gasteiger partial charge in [-0.3, -0.25) is 0 Å². The molecule has 42 heavy (non-hydrogen) atoms. The lowest BCUT2D eigenvalue weighted by molar-refractivity contribution is 0.0695. The van der Waals surface area contributed by atoms with Crippen molar-refractivity contribution in [2.45, 2.75) is 163 Å². The monoisotopic (exact) mass is 586 g/mol. The Labute approximate surface area is 257 Å². The van der Waals surface area contributed by atoms with Crippen LogP contribution in [0.2, 0.25) is 0 Å². The van der Waals surface area contributed by atoms with E-state index in [-0.39, 0.29) is 16.9 Å². The van der Waals surface area contributed by atoms with Crippen molar-refractivity contribution in [3.8, 4) is 5.75 Å². The van der Waals surface area contributed by atoms with Gasteiger partial charge in [-0.05, 0) is 73.0 Å². The number of hydrogen-bond acceptors (Lipinski definition) is 3. The van der Waals surface area contributed by atoms with E-state index in [1.54, 1.807) is 0 Å². The highest BCUT2D eigenvalue weighted by Gasteiger charge is 2.42. The fourth-order valence-electron chi connectivity index (χ4n) is 7.22. The van der Waals surface area contributed by atoms with Crippen LogP contribution in [0.4, 0.5) is 9.59 Å². The minimum atomic E-state index is -0.989. The number of ether oxygens (including phenoxy) is 1. The van der Waals surface area contributed by atoms with E-state index >= 15 is 0 Å². The van der Waals surface area contributed by atoms with Crippen LogP contribution in [0.3, 0.4) is 0 Å². The number of aryl methyl sites for hydroxylation is 1. The van der Waals surface area contributed by atoms with Gasteiger partial charge in [0.15, 0.2) is 0 Å². The fraction of sp³-hybridized carbons (Fsp3) is 0.778. The zero-order valence-electron chi connectivity index (χ0n) is 27.6. The minimum absolute atomic E-state index is 0.0141. The van der Waals surface area contributed by atoms with E-state index in [4.69, 9.17) is 4.74 Å². The van der Waals surface area contributed by atoms with E-state index in [1.807, 2.05) is 12.1 Å². The normalized spacial score (nSPS) is 19.8. The molecular formula is C36H62N2O4. The van der Waals surface area contributed by atoms with Crippen LogP contribution >= 0.6 is 0 Å². The summed E-state index contributed by atoms with van der Waals surface area (Å²) < 4.78 is 5.99. The number of unbranched alkanes of at least 4 members (excludes halogenated alkanes) is 12. The Morgan fingerprint density at radius 3 is 2.00 bits per heavy atom. The molecule has 1 saturated carbocycles. The molecule has 2 atom stereocenters. The molecule has 0 spiro atoms. The van der Waals surface area contributed by atoms with E-state index in [2.05, 4.69) is 51.3 Å². The Bertz CT molecular complexity index is 931. The first-order valence-corrected chi connectivity index (χ1v) is 17.1. The summed E-state index contributed by atoms with van der Waals surface area (Å²) in [6.07, 6.45) is 20.8. The Balaban J connectivity index is 2.01. The molecule has 0 bridgehead atoms. The Morgan fingerprint density at radius 2 is 1.40 bits per heavy atom. The Hall–Kier alpha value is -2.24. The van der Waals surface area contributed by atoms with Crippen molar-refractivity contribution in [2.24, 2.45) is 10.8 Å². The largest absolute Gasteiger partial charge is 0.465 e. The van der Waals surface area contributed by atoms with Crippen molar-refractivity contribution >= 4 is 12.2 Å². The third kappa shape index (κ3) is 14.3. The van der Waals surface area contributed by atoms with Crippen molar-refractivity contribution in [2.75, 3.05) is 6.54 Å². The van der Waals surface area contributed by atoms with Gasteiger partial charge in [0, 0.05) is 12.6 Å². The van der Waals surface area contributed by atoms with Crippen LogP contribution in [0.5, 0.6) is 5.75 Å². The molecule has 3 N–H and O–H groups in total. The van der Waals surface area contributed by atoms with Gasteiger partial charge in [-0.1, -0.05) is 124 Å². The van der Waals surface area contributed by atoms with Crippen LogP contribution in [-0.2, 0) is 12.8 Å². The fourth-order valence-corrected chi connectivity index (χ4v) is 7.22. The van der Waals surface area contributed by atoms with E-state index in [0.717, 1.165) is 32.1 Å². The van der Waals surface area contributed by atoms with Gasteiger partial charge in [0.2, 0.25) is 0 Å². The predicted octanol–water partition coefficient (Wildman–Crippen LogP) is 10.2. The van der Waals surface area contributed by atoms with E-state index in [0.29, 0.717) is 18.7 Å². The van der Waals surface area contributed by atoms with Crippen molar-refractivity contribution in [1.82, 2.24) is 10.6 Å². The van der Waals surface area contributed by atoms with Gasteiger partial charge in [-0.15, -0.1) is 0 Å². The highest BCUT2D eigenvalue weighted by Crippen LogP contribution is 2.45. The third-order valence-corrected chi connectivity index (χ3v) is 8.94. The molecule has 2 unspecified atom stereocenters. The molecule has 240 valence electrons. The molecule has 6 nitrogen and oxygen atoms in total. The van der Waals surface area contributed by atoms with Gasteiger partial charge in [-0.25, -0.2) is 9.59 Å². The summed E-state index contributed by atoms with van der Waals surface area (Å²) in [6.45, 7) is 11.5. The Kier molecular flexibility index (Phi) is 16.4. The molecule has 1 aliphatic rings. The first-order chi connectivity index (χ1) is 20.1. The first kappa shape index (κ1) is 36.0. The summed E-state index contributed by atoms with van der Waals surface area (Å²) in [7, 11) is 0. The summed E-state index contributed by atoms with van der Waals surface area (Å²) >= 11 is 0. The summed E-state index contributed by atoms with van der Waals surface area (Å²) in [5.41, 5.74) is 2.29. The SMILES string of the molecule is CCCCCCCCCc1cccc(OC(=O)NCC2(C)CC(NC(=O)O)CC(C)(C)C2)c1CCCCCCCCC. The highest BCUT2D eigenvalue weighted by molar-refractivity contribution is 5.71. The van der Waals surface area contributed by atoms with Crippen molar-refractivity contribution in [3.05, 3.63) is 29.3 Å². The lowest BCUT2D eigenvalue weighted by Crippen LogP contribution is -2.50. The van der Waals surface area contributed by atoms with Crippen LogP contribution in [-0.4, -0.2) is 29.9 Å². The average molecular weight is 587 g/mol. The van der Waals surface area contributed by atoms with Gasteiger partial charge < -0.3 is 20.5 Å². The second-order valence-electron chi connectivity index (χ2n) is 14.1. The van der Waals surface area contributed by atoms with Gasteiger partial charge in [0.05, 0.1) is 0 Å². The second-order valence-corrected chi connectivity index (χ2v) is 14.1. The average Bonchev–Trinajstić information content (AvgIpc) is 2.90. The summed E-state index contributed by atoms with van der Waals surface area (Å²) in [5, 5.41) is 15.0. The lowest BCUT2D eigenvalue weighted by atomic mass is 9.62. The number of nitrogens with one attached hydrogen (secondary N) is 2. The highest BCUT2D eigenvalue weighted by atomic mass is 16.6. The molecule has 0 aliphatic heterocycles. The summed E-state index contributed by atoms with van der Waals surface area (Å²) in [6, 6.07) is 6.08.